The lowest BCUT2D eigenvalue weighted by Gasteiger charge is -2.25. The van der Waals surface area contributed by atoms with Crippen LogP contribution in [0.2, 0.25) is 5.02 Å². The lowest BCUT2D eigenvalue weighted by atomic mass is 10.1. The molecule has 2 heterocycles. The van der Waals surface area contributed by atoms with Gasteiger partial charge in [0.1, 0.15) is 6.26 Å². The number of alkyl halides is 3. The van der Waals surface area contributed by atoms with Crippen LogP contribution in [0.25, 0.3) is 0 Å². The molecule has 1 aliphatic rings. The maximum absolute atomic E-state index is 13.2. The summed E-state index contributed by atoms with van der Waals surface area (Å²) in [6.07, 6.45) is -0.0153. The van der Waals surface area contributed by atoms with Gasteiger partial charge in [0.15, 0.2) is 5.69 Å². The fraction of sp³-hybridized carbons (Fsp3) is 0.360. The van der Waals surface area contributed by atoms with Crippen LogP contribution in [-0.4, -0.2) is 33.8 Å². The van der Waals surface area contributed by atoms with Gasteiger partial charge in [0.25, 0.3) is 5.91 Å². The Bertz CT molecular complexity index is 1130. The van der Waals surface area contributed by atoms with Crippen molar-refractivity contribution in [3.8, 4) is 0 Å². The Kier molecular flexibility index (Phi) is 7.58. The largest absolute Gasteiger partial charge is 0.447 e. The second kappa shape index (κ2) is 10.6. The van der Waals surface area contributed by atoms with Crippen LogP contribution in [0.4, 0.5) is 13.2 Å². The highest BCUT2D eigenvalue weighted by Gasteiger charge is 2.30. The van der Waals surface area contributed by atoms with Crippen molar-refractivity contribution in [1.29, 1.82) is 0 Å². The lowest BCUT2D eigenvalue weighted by molar-refractivity contribution is -0.137. The van der Waals surface area contributed by atoms with Gasteiger partial charge in [0.05, 0.1) is 12.1 Å². The van der Waals surface area contributed by atoms with Crippen LogP contribution in [0.3, 0.4) is 0 Å². The normalized spacial score (nSPS) is 14.6. The van der Waals surface area contributed by atoms with Crippen molar-refractivity contribution in [3.05, 3.63) is 88.1 Å². The van der Waals surface area contributed by atoms with E-state index in [0.717, 1.165) is 37.0 Å². The first-order chi connectivity index (χ1) is 16.3. The molecule has 0 radical (unpaired) electrons. The van der Waals surface area contributed by atoms with Crippen LogP contribution in [0.5, 0.6) is 0 Å². The number of piperidine rings is 1. The Morgan fingerprint density at radius 2 is 1.79 bits per heavy atom. The fourth-order valence-electron chi connectivity index (χ4n) is 4.07. The van der Waals surface area contributed by atoms with Crippen molar-refractivity contribution in [2.75, 3.05) is 13.1 Å². The SMILES string of the molecule is O=C(c1coc(CN(Cc2cccc(C(F)(F)F)c2)Cc2ccccc2Cl)n1)N1CCCCC1. The molecule has 0 bridgehead atoms. The van der Waals surface area contributed by atoms with E-state index in [0.29, 0.717) is 36.1 Å². The third kappa shape index (κ3) is 6.18. The molecule has 9 heteroatoms. The van der Waals surface area contributed by atoms with E-state index in [1.807, 2.05) is 23.1 Å². The Morgan fingerprint density at radius 1 is 1.03 bits per heavy atom. The number of oxazole rings is 1. The maximum atomic E-state index is 13.2. The molecular formula is C25H25ClF3N3O2. The van der Waals surface area contributed by atoms with Crippen molar-refractivity contribution >= 4 is 17.5 Å². The molecule has 4 rings (SSSR count). The summed E-state index contributed by atoms with van der Waals surface area (Å²) in [7, 11) is 0. The topological polar surface area (TPSA) is 49.6 Å². The van der Waals surface area contributed by atoms with E-state index in [1.165, 1.54) is 12.3 Å². The Morgan fingerprint density at radius 3 is 2.53 bits per heavy atom. The average Bonchev–Trinajstić information content (AvgIpc) is 3.29. The minimum Gasteiger partial charge on any atom is -0.447 e. The van der Waals surface area contributed by atoms with Crippen molar-refractivity contribution in [2.24, 2.45) is 0 Å². The summed E-state index contributed by atoms with van der Waals surface area (Å²) < 4.78 is 45.2. The Labute approximate surface area is 201 Å². The lowest BCUT2D eigenvalue weighted by Crippen LogP contribution is -2.35. The molecule has 1 aromatic heterocycles. The molecule has 34 heavy (non-hydrogen) atoms. The molecule has 2 aromatic carbocycles. The summed E-state index contributed by atoms with van der Waals surface area (Å²) in [6, 6.07) is 12.5. The Balaban J connectivity index is 1.53. The minimum absolute atomic E-state index is 0.162. The zero-order chi connectivity index (χ0) is 24.1. The van der Waals surface area contributed by atoms with Crippen LogP contribution >= 0.6 is 11.6 Å². The third-order valence-electron chi connectivity index (χ3n) is 5.79. The van der Waals surface area contributed by atoms with E-state index in [4.69, 9.17) is 16.0 Å². The molecule has 3 aromatic rings. The van der Waals surface area contributed by atoms with E-state index in [9.17, 15) is 18.0 Å². The summed E-state index contributed by atoms with van der Waals surface area (Å²) in [4.78, 5) is 20.8. The fourth-order valence-corrected chi connectivity index (χ4v) is 4.27. The van der Waals surface area contributed by atoms with Gasteiger partial charge in [-0.15, -0.1) is 0 Å². The second-order valence-corrected chi connectivity index (χ2v) is 8.82. The van der Waals surface area contributed by atoms with Crippen LogP contribution in [0.15, 0.2) is 59.2 Å². The van der Waals surface area contributed by atoms with Gasteiger partial charge in [-0.05, 0) is 42.5 Å². The highest BCUT2D eigenvalue weighted by Crippen LogP contribution is 2.30. The van der Waals surface area contributed by atoms with Crippen molar-refractivity contribution in [3.63, 3.8) is 0 Å². The van der Waals surface area contributed by atoms with Gasteiger partial charge in [0, 0.05) is 31.2 Å². The average molecular weight is 492 g/mol. The number of carbonyl (C=O) groups excluding carboxylic acids is 1. The smallest absolute Gasteiger partial charge is 0.416 e. The summed E-state index contributed by atoms with van der Waals surface area (Å²) >= 11 is 6.33. The molecule has 0 saturated carbocycles. The molecular weight excluding hydrogens is 467 g/mol. The van der Waals surface area contributed by atoms with E-state index in [1.54, 1.807) is 17.0 Å². The van der Waals surface area contributed by atoms with E-state index < -0.39 is 11.7 Å². The number of halogens is 4. The van der Waals surface area contributed by atoms with Gasteiger partial charge in [0.2, 0.25) is 5.89 Å². The summed E-state index contributed by atoms with van der Waals surface area (Å²) in [5, 5.41) is 0.560. The van der Waals surface area contributed by atoms with Gasteiger partial charge in [-0.25, -0.2) is 4.98 Å². The van der Waals surface area contributed by atoms with E-state index in [-0.39, 0.29) is 24.7 Å². The van der Waals surface area contributed by atoms with Gasteiger partial charge >= 0.3 is 6.18 Å². The van der Waals surface area contributed by atoms with Crippen molar-refractivity contribution < 1.29 is 22.4 Å². The molecule has 5 nitrogen and oxygen atoms in total. The summed E-state index contributed by atoms with van der Waals surface area (Å²) in [6.45, 7) is 2.19. The summed E-state index contributed by atoms with van der Waals surface area (Å²) in [5.74, 6) is 0.157. The molecule has 0 N–H and O–H groups in total. The number of hydrogen-bond acceptors (Lipinski definition) is 4. The van der Waals surface area contributed by atoms with E-state index in [2.05, 4.69) is 4.98 Å². The van der Waals surface area contributed by atoms with Gasteiger partial charge in [-0.2, -0.15) is 13.2 Å². The number of nitrogens with zero attached hydrogens (tertiary/aromatic N) is 3. The monoisotopic (exact) mass is 491 g/mol. The first-order valence-electron chi connectivity index (χ1n) is 11.1. The molecule has 0 aliphatic carbocycles. The highest BCUT2D eigenvalue weighted by molar-refractivity contribution is 6.31. The molecule has 180 valence electrons. The number of carbonyl (C=O) groups is 1. The van der Waals surface area contributed by atoms with Crippen LogP contribution in [-0.2, 0) is 25.8 Å². The first-order valence-corrected chi connectivity index (χ1v) is 11.5. The number of likely N-dealkylation sites (tertiary alicyclic amines) is 1. The summed E-state index contributed by atoms with van der Waals surface area (Å²) in [5.41, 5.74) is 0.868. The highest BCUT2D eigenvalue weighted by atomic mass is 35.5. The predicted molar refractivity (Wildman–Crippen MR) is 122 cm³/mol. The number of benzene rings is 2. The van der Waals surface area contributed by atoms with Gasteiger partial charge < -0.3 is 9.32 Å². The third-order valence-corrected chi connectivity index (χ3v) is 6.15. The van der Waals surface area contributed by atoms with Crippen molar-refractivity contribution in [2.45, 2.75) is 45.1 Å². The zero-order valence-corrected chi connectivity index (χ0v) is 19.3. The molecule has 1 fully saturated rings. The van der Waals surface area contributed by atoms with Crippen LogP contribution in [0, 0.1) is 0 Å². The predicted octanol–water partition coefficient (Wildman–Crippen LogP) is 6.18. The zero-order valence-electron chi connectivity index (χ0n) is 18.5. The maximum Gasteiger partial charge on any atom is 0.416 e. The van der Waals surface area contributed by atoms with Crippen molar-refractivity contribution in [1.82, 2.24) is 14.8 Å². The molecule has 1 aliphatic heterocycles. The van der Waals surface area contributed by atoms with Crippen LogP contribution in [0.1, 0.15) is 52.3 Å². The number of amides is 1. The van der Waals surface area contributed by atoms with Crippen LogP contribution < -0.4 is 0 Å². The number of hydrogen-bond donors (Lipinski definition) is 0. The first kappa shape index (κ1) is 24.3. The Hall–Kier alpha value is -2.84. The molecule has 1 saturated heterocycles. The molecule has 0 spiro atoms. The molecule has 0 unspecified atom stereocenters. The number of rotatable bonds is 7. The van der Waals surface area contributed by atoms with E-state index >= 15 is 0 Å². The quantitative estimate of drug-likeness (QED) is 0.396. The molecule has 0 atom stereocenters. The minimum atomic E-state index is -4.42. The standard InChI is InChI=1S/C25H25ClF3N3O2/c26-21-10-3-2-8-19(21)15-31(14-18-7-6-9-20(13-18)25(27,28)29)16-23-30-22(17-34-23)24(33)32-11-4-1-5-12-32/h2-3,6-10,13,17H,1,4-5,11-12,14-16H2. The molecule has 1 amide bonds. The van der Waals surface area contributed by atoms with Gasteiger partial charge in [-0.1, -0.05) is 48.0 Å². The number of aromatic nitrogens is 1. The van der Waals surface area contributed by atoms with Gasteiger partial charge in [-0.3, -0.25) is 9.69 Å². The second-order valence-electron chi connectivity index (χ2n) is 8.41.